The van der Waals surface area contributed by atoms with Gasteiger partial charge < -0.3 is 5.32 Å². The zero-order valence-corrected chi connectivity index (χ0v) is 12.9. The lowest BCUT2D eigenvalue weighted by Gasteiger charge is -2.21. The van der Waals surface area contributed by atoms with Crippen molar-refractivity contribution in [1.29, 1.82) is 0 Å². The van der Waals surface area contributed by atoms with Gasteiger partial charge in [-0.1, -0.05) is 42.6 Å². The predicted molar refractivity (Wildman–Crippen MR) is 78.9 cm³/mol. The molecule has 1 heterocycles. The highest BCUT2D eigenvalue weighted by atomic mass is 35.5. The lowest BCUT2D eigenvalue weighted by Crippen LogP contribution is -2.43. The van der Waals surface area contributed by atoms with Crippen molar-refractivity contribution in [3.8, 4) is 0 Å². The molecule has 1 aromatic rings. The average Bonchev–Trinajstić information content (AvgIpc) is 2.57. The van der Waals surface area contributed by atoms with E-state index in [9.17, 15) is 9.59 Å². The zero-order chi connectivity index (χ0) is 14.9. The fraction of sp³-hybridized carbons (Fsp3) is 0.429. The highest BCUT2D eigenvalue weighted by Crippen LogP contribution is 2.29. The zero-order valence-electron chi connectivity index (χ0n) is 11.4. The molecule has 4 nitrogen and oxygen atoms in total. The topological polar surface area (TPSA) is 49.4 Å². The van der Waals surface area contributed by atoms with E-state index in [1.165, 1.54) is 4.90 Å². The number of carbonyl (C=O) groups excluding carboxylic acids is 2. The molecule has 6 heteroatoms. The molecule has 2 rings (SSSR count). The highest BCUT2D eigenvalue weighted by molar-refractivity contribution is 6.36. The van der Waals surface area contributed by atoms with Gasteiger partial charge in [-0.3, -0.25) is 9.69 Å². The number of nitrogens with zero attached hydrogens (tertiary/aromatic N) is 1. The minimum absolute atomic E-state index is 0.0858. The van der Waals surface area contributed by atoms with Crippen LogP contribution in [0.1, 0.15) is 32.3 Å². The first kappa shape index (κ1) is 15.1. The van der Waals surface area contributed by atoms with Gasteiger partial charge in [0.05, 0.1) is 6.54 Å². The van der Waals surface area contributed by atoms with Gasteiger partial charge in [-0.2, -0.15) is 0 Å². The standard InChI is InChI=1S/C14H16Cl2N2O2/c1-3-7-14(2)12(19)18(13(20)17-14)8-9-10(15)5-4-6-11(9)16/h4-6H,3,7-8H2,1-2H3,(H,17,20). The number of benzene rings is 1. The molecule has 0 aromatic heterocycles. The predicted octanol–water partition coefficient (Wildman–Crippen LogP) is 3.60. The van der Waals surface area contributed by atoms with E-state index in [4.69, 9.17) is 23.2 Å². The van der Waals surface area contributed by atoms with Crippen molar-refractivity contribution in [1.82, 2.24) is 10.2 Å². The van der Waals surface area contributed by atoms with E-state index in [1.54, 1.807) is 25.1 Å². The molecule has 1 aliphatic rings. The monoisotopic (exact) mass is 314 g/mol. The largest absolute Gasteiger partial charge is 0.325 e. The molecule has 0 bridgehead atoms. The van der Waals surface area contributed by atoms with Gasteiger partial charge in [0.1, 0.15) is 5.54 Å². The average molecular weight is 315 g/mol. The smallest absolute Gasteiger partial charge is 0.323 e. The van der Waals surface area contributed by atoms with Gasteiger partial charge in [-0.15, -0.1) is 0 Å². The summed E-state index contributed by atoms with van der Waals surface area (Å²) < 4.78 is 0. The second kappa shape index (κ2) is 5.62. The number of imide groups is 1. The van der Waals surface area contributed by atoms with Crippen molar-refractivity contribution >= 4 is 35.1 Å². The van der Waals surface area contributed by atoms with Gasteiger partial charge in [0.15, 0.2) is 0 Å². The number of halogens is 2. The summed E-state index contributed by atoms with van der Waals surface area (Å²) in [6.07, 6.45) is 1.41. The van der Waals surface area contributed by atoms with Gasteiger partial charge in [0.25, 0.3) is 5.91 Å². The van der Waals surface area contributed by atoms with Gasteiger partial charge in [-0.25, -0.2) is 4.79 Å². The Kier molecular flexibility index (Phi) is 4.25. The second-order valence-electron chi connectivity index (χ2n) is 5.10. The first-order valence-electron chi connectivity index (χ1n) is 6.46. The van der Waals surface area contributed by atoms with E-state index in [0.29, 0.717) is 22.0 Å². The Hall–Kier alpha value is -1.26. The van der Waals surface area contributed by atoms with Crippen LogP contribution in [0.25, 0.3) is 0 Å². The summed E-state index contributed by atoms with van der Waals surface area (Å²) in [6, 6.07) is 4.70. The number of hydrogen-bond acceptors (Lipinski definition) is 2. The summed E-state index contributed by atoms with van der Waals surface area (Å²) in [5, 5.41) is 3.63. The first-order valence-corrected chi connectivity index (χ1v) is 7.21. The number of rotatable bonds is 4. The molecule has 3 amide bonds. The third kappa shape index (κ3) is 2.63. The third-order valence-electron chi connectivity index (χ3n) is 3.47. The molecule has 0 radical (unpaired) electrons. The van der Waals surface area contributed by atoms with Gasteiger partial charge in [0.2, 0.25) is 0 Å². The maximum Gasteiger partial charge on any atom is 0.325 e. The van der Waals surface area contributed by atoms with Crippen molar-refractivity contribution < 1.29 is 9.59 Å². The molecule has 1 fully saturated rings. The summed E-state index contributed by atoms with van der Waals surface area (Å²) in [6.45, 7) is 3.80. The van der Waals surface area contributed by atoms with Gasteiger partial charge in [-0.05, 0) is 25.5 Å². The molecule has 1 saturated heterocycles. The van der Waals surface area contributed by atoms with Crippen LogP contribution in [-0.4, -0.2) is 22.4 Å². The van der Waals surface area contributed by atoms with Crippen molar-refractivity contribution in [2.24, 2.45) is 0 Å². The molecule has 108 valence electrons. The molecule has 1 aliphatic heterocycles. The Morgan fingerprint density at radius 2 is 1.85 bits per heavy atom. The molecule has 1 unspecified atom stereocenters. The second-order valence-corrected chi connectivity index (χ2v) is 5.92. The van der Waals surface area contributed by atoms with Gasteiger partial charge >= 0.3 is 6.03 Å². The quantitative estimate of drug-likeness (QED) is 0.863. The van der Waals surface area contributed by atoms with Crippen LogP contribution in [0.4, 0.5) is 4.79 Å². The fourth-order valence-electron chi connectivity index (χ4n) is 2.40. The van der Waals surface area contributed by atoms with E-state index in [2.05, 4.69) is 5.32 Å². The molecule has 1 aromatic carbocycles. The van der Waals surface area contributed by atoms with Crippen LogP contribution in [0.2, 0.25) is 10.0 Å². The van der Waals surface area contributed by atoms with Crippen LogP contribution in [-0.2, 0) is 11.3 Å². The molecular weight excluding hydrogens is 299 g/mol. The Bertz CT molecular complexity index is 542. The number of hydrogen-bond donors (Lipinski definition) is 1. The van der Waals surface area contributed by atoms with Crippen molar-refractivity contribution in [2.75, 3.05) is 0 Å². The summed E-state index contributed by atoms with van der Waals surface area (Å²) in [5.74, 6) is -0.236. The number of nitrogens with one attached hydrogen (secondary N) is 1. The van der Waals surface area contributed by atoms with Crippen LogP contribution < -0.4 is 5.32 Å². The number of urea groups is 1. The van der Waals surface area contributed by atoms with E-state index < -0.39 is 11.6 Å². The number of carbonyl (C=O) groups is 2. The Balaban J connectivity index is 2.26. The van der Waals surface area contributed by atoms with Crippen LogP contribution in [0.15, 0.2) is 18.2 Å². The highest BCUT2D eigenvalue weighted by Gasteiger charge is 2.47. The lowest BCUT2D eigenvalue weighted by molar-refractivity contribution is -0.131. The SMILES string of the molecule is CCCC1(C)NC(=O)N(Cc2c(Cl)cccc2Cl)C1=O. The summed E-state index contributed by atoms with van der Waals surface area (Å²) in [4.78, 5) is 25.6. The lowest BCUT2D eigenvalue weighted by atomic mass is 9.96. The molecular formula is C14H16Cl2N2O2. The maximum atomic E-state index is 12.4. The van der Waals surface area contributed by atoms with Crippen molar-refractivity contribution in [2.45, 2.75) is 38.8 Å². The van der Waals surface area contributed by atoms with Crippen molar-refractivity contribution in [3.05, 3.63) is 33.8 Å². The van der Waals surface area contributed by atoms with Crippen LogP contribution >= 0.6 is 23.2 Å². The molecule has 1 atom stereocenters. The Morgan fingerprint density at radius 3 is 2.40 bits per heavy atom. The fourth-order valence-corrected chi connectivity index (χ4v) is 2.92. The van der Waals surface area contributed by atoms with E-state index in [-0.39, 0.29) is 12.5 Å². The summed E-state index contributed by atoms with van der Waals surface area (Å²) in [7, 11) is 0. The molecule has 1 N–H and O–H groups in total. The summed E-state index contributed by atoms with van der Waals surface area (Å²) >= 11 is 12.2. The molecule has 0 aliphatic carbocycles. The number of amides is 3. The Morgan fingerprint density at radius 1 is 1.25 bits per heavy atom. The Labute approximate surface area is 128 Å². The van der Waals surface area contributed by atoms with Crippen LogP contribution in [0, 0.1) is 0 Å². The van der Waals surface area contributed by atoms with Crippen LogP contribution in [0.5, 0.6) is 0 Å². The molecule has 20 heavy (non-hydrogen) atoms. The maximum absolute atomic E-state index is 12.4. The normalized spacial score (nSPS) is 22.3. The van der Waals surface area contributed by atoms with Crippen molar-refractivity contribution in [3.63, 3.8) is 0 Å². The minimum Gasteiger partial charge on any atom is -0.323 e. The summed E-state index contributed by atoms with van der Waals surface area (Å²) in [5.41, 5.74) is -0.250. The first-order chi connectivity index (χ1) is 9.39. The van der Waals surface area contributed by atoms with Gasteiger partial charge in [0, 0.05) is 15.6 Å². The van der Waals surface area contributed by atoms with Crippen LogP contribution in [0.3, 0.4) is 0 Å². The molecule has 0 saturated carbocycles. The minimum atomic E-state index is -0.834. The third-order valence-corrected chi connectivity index (χ3v) is 4.18. The molecule has 0 spiro atoms. The van der Waals surface area contributed by atoms with E-state index in [1.807, 2.05) is 6.92 Å². The van der Waals surface area contributed by atoms with E-state index in [0.717, 1.165) is 6.42 Å². The van der Waals surface area contributed by atoms with E-state index >= 15 is 0 Å².